The molecule has 0 fully saturated rings. The molecule has 1 N–H and O–H groups in total. The van der Waals surface area contributed by atoms with Gasteiger partial charge in [-0.25, -0.2) is 13.2 Å². The smallest absolute Gasteiger partial charge is 0.272 e. The Morgan fingerprint density at radius 1 is 1.44 bits per heavy atom. The number of hydrogen-bond donors (Lipinski definition) is 1. The standard InChI is InChI=1S/C9H9F3N2O2/c1-5(9(11)12)13-8-3-2-6(14(15)16)4-7(8)10/h2-5,9,13H,1H3. The van der Waals surface area contributed by atoms with E-state index in [1.54, 1.807) is 0 Å². The zero-order valence-corrected chi connectivity index (χ0v) is 8.28. The quantitative estimate of drug-likeness (QED) is 0.643. The topological polar surface area (TPSA) is 55.2 Å². The molecule has 0 saturated carbocycles. The van der Waals surface area contributed by atoms with Gasteiger partial charge in [-0.3, -0.25) is 10.1 Å². The highest BCUT2D eigenvalue weighted by molar-refractivity contribution is 5.50. The molecule has 1 aromatic rings. The molecule has 0 saturated heterocycles. The van der Waals surface area contributed by atoms with Crippen LogP contribution in [0, 0.1) is 15.9 Å². The molecule has 0 amide bonds. The van der Waals surface area contributed by atoms with E-state index in [4.69, 9.17) is 0 Å². The minimum atomic E-state index is -2.64. The number of non-ortho nitro benzene ring substituents is 1. The first-order valence-electron chi connectivity index (χ1n) is 4.40. The number of nitro groups is 1. The van der Waals surface area contributed by atoms with Crippen LogP contribution in [-0.2, 0) is 0 Å². The van der Waals surface area contributed by atoms with E-state index >= 15 is 0 Å². The lowest BCUT2D eigenvalue weighted by atomic mass is 10.2. The van der Waals surface area contributed by atoms with Gasteiger partial charge >= 0.3 is 0 Å². The van der Waals surface area contributed by atoms with Gasteiger partial charge in [0.25, 0.3) is 12.1 Å². The van der Waals surface area contributed by atoms with Crippen molar-refractivity contribution in [2.75, 3.05) is 5.32 Å². The molecule has 0 aliphatic carbocycles. The molecule has 0 aromatic heterocycles. The fourth-order valence-corrected chi connectivity index (χ4v) is 1.04. The second-order valence-corrected chi connectivity index (χ2v) is 3.19. The van der Waals surface area contributed by atoms with Crippen LogP contribution in [0.4, 0.5) is 24.5 Å². The summed E-state index contributed by atoms with van der Waals surface area (Å²) in [4.78, 5) is 9.53. The van der Waals surface area contributed by atoms with Gasteiger partial charge in [0.1, 0.15) is 0 Å². The number of alkyl halides is 2. The Labute approximate surface area is 89.2 Å². The molecule has 1 rings (SSSR count). The average molecular weight is 234 g/mol. The predicted octanol–water partition coefficient (Wildman–Crippen LogP) is 2.80. The fourth-order valence-electron chi connectivity index (χ4n) is 1.04. The second-order valence-electron chi connectivity index (χ2n) is 3.19. The van der Waals surface area contributed by atoms with Crippen molar-refractivity contribution in [2.24, 2.45) is 0 Å². The van der Waals surface area contributed by atoms with Crippen molar-refractivity contribution >= 4 is 11.4 Å². The van der Waals surface area contributed by atoms with Crippen molar-refractivity contribution in [2.45, 2.75) is 19.4 Å². The molecule has 0 bridgehead atoms. The molecular formula is C9H9F3N2O2. The van der Waals surface area contributed by atoms with Crippen molar-refractivity contribution in [3.8, 4) is 0 Å². The van der Waals surface area contributed by atoms with Crippen LogP contribution in [-0.4, -0.2) is 17.4 Å². The minimum absolute atomic E-state index is 0.182. The molecule has 0 spiro atoms. The highest BCUT2D eigenvalue weighted by Gasteiger charge is 2.17. The van der Waals surface area contributed by atoms with E-state index < -0.39 is 28.9 Å². The van der Waals surface area contributed by atoms with E-state index in [-0.39, 0.29) is 5.69 Å². The van der Waals surface area contributed by atoms with Crippen molar-refractivity contribution in [3.63, 3.8) is 0 Å². The van der Waals surface area contributed by atoms with Crippen LogP contribution in [0.1, 0.15) is 6.92 Å². The number of nitrogens with one attached hydrogen (secondary N) is 1. The molecule has 1 aromatic carbocycles. The van der Waals surface area contributed by atoms with Crippen molar-refractivity contribution in [1.29, 1.82) is 0 Å². The number of benzene rings is 1. The van der Waals surface area contributed by atoms with E-state index in [2.05, 4.69) is 5.32 Å². The van der Waals surface area contributed by atoms with Crippen molar-refractivity contribution in [3.05, 3.63) is 34.1 Å². The van der Waals surface area contributed by atoms with Gasteiger partial charge in [-0.05, 0) is 13.0 Å². The van der Waals surface area contributed by atoms with E-state index in [1.807, 2.05) is 0 Å². The normalized spacial score (nSPS) is 12.6. The number of hydrogen-bond acceptors (Lipinski definition) is 3. The van der Waals surface area contributed by atoms with Gasteiger partial charge in [-0.15, -0.1) is 0 Å². The molecule has 1 atom stereocenters. The SMILES string of the molecule is CC(Nc1ccc([N+](=O)[O-])cc1F)C(F)F. The van der Waals surface area contributed by atoms with Crippen LogP contribution >= 0.6 is 0 Å². The largest absolute Gasteiger partial charge is 0.375 e. The zero-order chi connectivity index (χ0) is 12.3. The summed E-state index contributed by atoms with van der Waals surface area (Å²) in [6.45, 7) is 1.19. The predicted molar refractivity (Wildman–Crippen MR) is 52.1 cm³/mol. The maximum Gasteiger partial charge on any atom is 0.272 e. The lowest BCUT2D eigenvalue weighted by molar-refractivity contribution is -0.385. The molecule has 0 aliphatic rings. The molecule has 0 heterocycles. The fraction of sp³-hybridized carbons (Fsp3) is 0.333. The summed E-state index contributed by atoms with van der Waals surface area (Å²) in [5.74, 6) is -0.929. The maximum atomic E-state index is 13.2. The Bertz CT molecular complexity index is 398. The van der Waals surface area contributed by atoms with Crippen LogP contribution in [0.25, 0.3) is 0 Å². The van der Waals surface area contributed by atoms with Gasteiger partial charge in [0.15, 0.2) is 5.82 Å². The molecular weight excluding hydrogens is 225 g/mol. The summed E-state index contributed by atoms with van der Waals surface area (Å²) < 4.78 is 37.5. The molecule has 4 nitrogen and oxygen atoms in total. The molecule has 16 heavy (non-hydrogen) atoms. The van der Waals surface area contributed by atoms with Crippen molar-refractivity contribution < 1.29 is 18.1 Å². The van der Waals surface area contributed by atoms with E-state index in [9.17, 15) is 23.3 Å². The first kappa shape index (κ1) is 12.3. The molecule has 88 valence electrons. The molecule has 1 unspecified atom stereocenters. The summed E-state index contributed by atoms with van der Waals surface area (Å²) in [7, 11) is 0. The van der Waals surface area contributed by atoms with E-state index in [1.165, 1.54) is 6.92 Å². The number of nitrogens with zero attached hydrogens (tertiary/aromatic N) is 1. The van der Waals surface area contributed by atoms with Gasteiger partial charge in [-0.2, -0.15) is 0 Å². The Morgan fingerprint density at radius 2 is 2.06 bits per heavy atom. The van der Waals surface area contributed by atoms with Crippen LogP contribution in [0.3, 0.4) is 0 Å². The molecule has 0 radical (unpaired) electrons. The highest BCUT2D eigenvalue weighted by Crippen LogP contribution is 2.21. The number of nitro benzene ring substituents is 1. The maximum absolute atomic E-state index is 13.2. The first-order valence-corrected chi connectivity index (χ1v) is 4.40. The summed E-state index contributed by atoms with van der Waals surface area (Å²) in [5, 5.41) is 12.5. The third-order valence-corrected chi connectivity index (χ3v) is 1.92. The van der Waals surface area contributed by atoms with Crippen LogP contribution < -0.4 is 5.32 Å². The summed E-state index contributed by atoms with van der Waals surface area (Å²) in [6.07, 6.45) is -2.64. The Morgan fingerprint density at radius 3 is 2.50 bits per heavy atom. The van der Waals surface area contributed by atoms with E-state index in [0.29, 0.717) is 6.07 Å². The third kappa shape index (κ3) is 2.85. The van der Waals surface area contributed by atoms with Gasteiger partial charge in [0.2, 0.25) is 0 Å². The number of anilines is 1. The van der Waals surface area contributed by atoms with Crippen molar-refractivity contribution in [1.82, 2.24) is 0 Å². The Kier molecular flexibility index (Phi) is 3.70. The van der Waals surface area contributed by atoms with Crippen LogP contribution in [0.2, 0.25) is 0 Å². The highest BCUT2D eigenvalue weighted by atomic mass is 19.3. The second kappa shape index (κ2) is 4.82. The zero-order valence-electron chi connectivity index (χ0n) is 8.28. The van der Waals surface area contributed by atoms with Gasteiger partial charge < -0.3 is 5.32 Å². The number of halogens is 3. The monoisotopic (exact) mass is 234 g/mol. The Balaban J connectivity index is 2.87. The van der Waals surface area contributed by atoms with E-state index in [0.717, 1.165) is 12.1 Å². The third-order valence-electron chi connectivity index (χ3n) is 1.92. The lowest BCUT2D eigenvalue weighted by Gasteiger charge is -2.14. The lowest BCUT2D eigenvalue weighted by Crippen LogP contribution is -2.24. The summed E-state index contributed by atoms with van der Waals surface area (Å²) in [5.41, 5.74) is -0.605. The first-order chi connectivity index (χ1) is 7.41. The van der Waals surface area contributed by atoms with Gasteiger partial charge in [0.05, 0.1) is 22.7 Å². The van der Waals surface area contributed by atoms with Crippen LogP contribution in [0.15, 0.2) is 18.2 Å². The van der Waals surface area contributed by atoms with Gasteiger partial charge in [-0.1, -0.05) is 0 Å². The van der Waals surface area contributed by atoms with Gasteiger partial charge in [0, 0.05) is 6.07 Å². The molecule has 0 aliphatic heterocycles. The van der Waals surface area contributed by atoms with Crippen LogP contribution in [0.5, 0.6) is 0 Å². The minimum Gasteiger partial charge on any atom is -0.375 e. The summed E-state index contributed by atoms with van der Waals surface area (Å²) >= 11 is 0. The average Bonchev–Trinajstić information content (AvgIpc) is 2.20. The number of rotatable bonds is 4. The molecule has 7 heteroatoms. The summed E-state index contributed by atoms with van der Waals surface area (Å²) in [6, 6.07) is 1.56. The Hall–Kier alpha value is -1.79.